The van der Waals surface area contributed by atoms with E-state index in [2.05, 4.69) is 166 Å². The van der Waals surface area contributed by atoms with Crippen LogP contribution in [-0.4, -0.2) is 0 Å². The zero-order valence-electron chi connectivity index (χ0n) is 30.9. The van der Waals surface area contributed by atoms with Crippen molar-refractivity contribution in [1.82, 2.24) is 0 Å². The summed E-state index contributed by atoms with van der Waals surface area (Å²) in [7, 11) is 0. The quantitative estimate of drug-likeness (QED) is 0.0503. The lowest BCUT2D eigenvalue weighted by Gasteiger charge is -2.29. The molecule has 0 saturated carbocycles. The topological polar surface area (TPSA) is 0 Å². The first-order valence-electron chi connectivity index (χ1n) is 19.8. The number of rotatable bonds is 20. The first-order valence-corrected chi connectivity index (χ1v) is 19.8. The van der Waals surface area contributed by atoms with Gasteiger partial charge < -0.3 is 0 Å². The molecule has 0 radical (unpaired) electrons. The maximum atomic E-state index is 2.39. The Morgan fingerprint density at radius 3 is 1.40 bits per heavy atom. The Kier molecular flexibility index (Phi) is 15.2. The summed E-state index contributed by atoms with van der Waals surface area (Å²) >= 11 is 0. The molecule has 0 saturated heterocycles. The Bertz CT molecular complexity index is 1610. The van der Waals surface area contributed by atoms with Gasteiger partial charge in [0, 0.05) is 11.3 Å². The summed E-state index contributed by atoms with van der Waals surface area (Å²) in [5.41, 5.74) is 8.99. The Balaban J connectivity index is 1.16. The second kappa shape index (κ2) is 20.5. The number of hydrogen-bond donors (Lipinski definition) is 0. The van der Waals surface area contributed by atoms with Crippen molar-refractivity contribution < 1.29 is 0 Å². The monoisotopic (exact) mass is 660 g/mol. The highest BCUT2D eigenvalue weighted by Crippen LogP contribution is 2.37. The molecule has 0 amide bonds. The van der Waals surface area contributed by atoms with Crippen molar-refractivity contribution in [3.05, 3.63) is 172 Å². The Morgan fingerprint density at radius 2 is 0.900 bits per heavy atom. The van der Waals surface area contributed by atoms with Crippen molar-refractivity contribution in [2.75, 3.05) is 0 Å². The number of benzene rings is 4. The summed E-state index contributed by atoms with van der Waals surface area (Å²) in [5, 5.41) is 0. The van der Waals surface area contributed by atoms with E-state index < -0.39 is 0 Å². The van der Waals surface area contributed by atoms with E-state index in [0.717, 1.165) is 0 Å². The molecule has 0 spiro atoms. The van der Waals surface area contributed by atoms with E-state index in [4.69, 9.17) is 0 Å². The summed E-state index contributed by atoms with van der Waals surface area (Å²) in [6.45, 7) is 4.56. The van der Waals surface area contributed by atoms with E-state index in [-0.39, 0.29) is 11.3 Å². The van der Waals surface area contributed by atoms with Crippen molar-refractivity contribution in [3.8, 4) is 0 Å². The van der Waals surface area contributed by atoms with Gasteiger partial charge in [-0.15, -0.1) is 0 Å². The van der Waals surface area contributed by atoms with Crippen molar-refractivity contribution in [3.63, 3.8) is 0 Å². The fourth-order valence-electron chi connectivity index (χ4n) is 7.06. The van der Waals surface area contributed by atoms with Gasteiger partial charge in [-0.25, -0.2) is 0 Å². The second-order valence-corrected chi connectivity index (χ2v) is 14.4. The third-order valence-electron chi connectivity index (χ3n) is 10.4. The summed E-state index contributed by atoms with van der Waals surface area (Å²) in [5.74, 6) is 0.263. The molecule has 0 bridgehead atoms. The lowest BCUT2D eigenvalue weighted by Crippen LogP contribution is -2.20. The molecule has 4 aromatic rings. The molecule has 4 aromatic carbocycles. The van der Waals surface area contributed by atoms with Gasteiger partial charge in [-0.1, -0.05) is 230 Å². The molecule has 0 N–H and O–H groups in total. The number of aryl methyl sites for hydroxylation is 2. The molecule has 0 fully saturated rings. The normalized spacial score (nSPS) is 17.3. The van der Waals surface area contributed by atoms with Gasteiger partial charge in [-0.2, -0.15) is 0 Å². The molecule has 0 aliphatic heterocycles. The van der Waals surface area contributed by atoms with Crippen molar-refractivity contribution in [1.29, 1.82) is 0 Å². The zero-order chi connectivity index (χ0) is 34.7. The summed E-state index contributed by atoms with van der Waals surface area (Å²) in [6, 6.07) is 38.2. The fraction of sp³-hybridized carbons (Fsp3) is 0.360. The number of hydrogen-bond acceptors (Lipinski definition) is 0. The van der Waals surface area contributed by atoms with Crippen LogP contribution in [0.5, 0.6) is 0 Å². The minimum atomic E-state index is -0.262. The highest BCUT2D eigenvalue weighted by Gasteiger charge is 2.26. The number of allylic oxidation sites excluding steroid dienone is 5. The first kappa shape index (κ1) is 37.1. The van der Waals surface area contributed by atoms with Crippen LogP contribution in [0, 0.1) is 0 Å². The molecule has 260 valence electrons. The van der Waals surface area contributed by atoms with Gasteiger partial charge in [0.05, 0.1) is 0 Å². The van der Waals surface area contributed by atoms with Crippen LogP contribution in [0.3, 0.4) is 0 Å². The third kappa shape index (κ3) is 11.7. The first-order chi connectivity index (χ1) is 24.7. The molecule has 0 heterocycles. The maximum Gasteiger partial charge on any atom is 0.0497 e. The summed E-state index contributed by atoms with van der Waals surface area (Å²) in [4.78, 5) is 0. The standard InChI is InChI=1S/C50H60/c1-3-5-7-9-11-14-18-42-22-26-44(27-23-42)28-29-45-32-34-47(35-33-45)48-37-40-50(41-38-48,49-20-16-13-17-21-49)39-36-46-30-24-43(25-31-46)19-15-12-10-8-6-4-2/h13,16-17,20-41,48H,3-12,14-15,18-19H2,1-2H3/b29-28+,39-36+. The van der Waals surface area contributed by atoms with E-state index in [1.807, 2.05) is 0 Å². The van der Waals surface area contributed by atoms with Gasteiger partial charge in [0.25, 0.3) is 0 Å². The minimum Gasteiger partial charge on any atom is -0.0757 e. The van der Waals surface area contributed by atoms with Gasteiger partial charge in [-0.05, 0) is 64.6 Å². The van der Waals surface area contributed by atoms with Gasteiger partial charge in [0.2, 0.25) is 0 Å². The average Bonchev–Trinajstić information content (AvgIpc) is 3.17. The van der Waals surface area contributed by atoms with E-state index in [0.29, 0.717) is 0 Å². The molecular weight excluding hydrogens is 601 g/mol. The van der Waals surface area contributed by atoms with Crippen molar-refractivity contribution >= 4 is 18.2 Å². The highest BCUT2D eigenvalue weighted by atomic mass is 14.3. The third-order valence-corrected chi connectivity index (χ3v) is 10.4. The Morgan fingerprint density at radius 1 is 0.460 bits per heavy atom. The van der Waals surface area contributed by atoms with E-state index in [1.165, 1.54) is 129 Å². The van der Waals surface area contributed by atoms with Crippen LogP contribution in [0.1, 0.15) is 136 Å². The van der Waals surface area contributed by atoms with Crippen LogP contribution in [-0.2, 0) is 18.3 Å². The SMILES string of the molecule is CCCCCCCCc1ccc(/C=C/c2ccc(C3C=CC(/C=C/c4ccc(CCCCCCCC)cc4)(c4ccccc4)C=C3)cc2)cc1. The molecule has 50 heavy (non-hydrogen) atoms. The second-order valence-electron chi connectivity index (χ2n) is 14.4. The summed E-state index contributed by atoms with van der Waals surface area (Å²) in [6.07, 6.45) is 37.2. The minimum absolute atomic E-state index is 0.262. The van der Waals surface area contributed by atoms with Crippen molar-refractivity contribution in [2.45, 2.75) is 115 Å². The van der Waals surface area contributed by atoms with E-state index in [1.54, 1.807) is 0 Å². The lowest BCUT2D eigenvalue weighted by molar-refractivity contribution is 0.607. The Hall–Kier alpha value is -4.16. The molecule has 0 nitrogen and oxygen atoms in total. The predicted molar refractivity (Wildman–Crippen MR) is 221 cm³/mol. The maximum absolute atomic E-state index is 2.39. The smallest absolute Gasteiger partial charge is 0.0497 e. The van der Waals surface area contributed by atoms with Crippen LogP contribution >= 0.6 is 0 Å². The van der Waals surface area contributed by atoms with E-state index in [9.17, 15) is 0 Å². The molecular formula is C50H60. The Labute approximate surface area is 304 Å². The average molecular weight is 661 g/mol. The largest absolute Gasteiger partial charge is 0.0757 e. The van der Waals surface area contributed by atoms with E-state index >= 15 is 0 Å². The van der Waals surface area contributed by atoms with Gasteiger partial charge in [-0.3, -0.25) is 0 Å². The molecule has 0 atom stereocenters. The predicted octanol–water partition coefficient (Wildman–Crippen LogP) is 14.5. The van der Waals surface area contributed by atoms with Crippen LogP contribution in [0.25, 0.3) is 18.2 Å². The molecule has 1 aliphatic rings. The number of unbranched alkanes of at least 4 members (excludes halogenated alkanes) is 10. The highest BCUT2D eigenvalue weighted by molar-refractivity contribution is 5.70. The lowest BCUT2D eigenvalue weighted by atomic mass is 9.74. The van der Waals surface area contributed by atoms with Gasteiger partial charge in [0.1, 0.15) is 0 Å². The van der Waals surface area contributed by atoms with Crippen LogP contribution < -0.4 is 0 Å². The van der Waals surface area contributed by atoms with Crippen LogP contribution in [0.15, 0.2) is 134 Å². The van der Waals surface area contributed by atoms with Crippen LogP contribution in [0.2, 0.25) is 0 Å². The molecule has 0 unspecified atom stereocenters. The molecule has 0 aromatic heterocycles. The molecule has 0 heteroatoms. The molecule has 5 rings (SSSR count). The van der Waals surface area contributed by atoms with Gasteiger partial charge in [0.15, 0.2) is 0 Å². The van der Waals surface area contributed by atoms with Gasteiger partial charge >= 0.3 is 0 Å². The molecule has 1 aliphatic carbocycles. The fourth-order valence-corrected chi connectivity index (χ4v) is 7.06. The van der Waals surface area contributed by atoms with Crippen LogP contribution in [0.4, 0.5) is 0 Å². The zero-order valence-corrected chi connectivity index (χ0v) is 30.9. The summed E-state index contributed by atoms with van der Waals surface area (Å²) < 4.78 is 0. The van der Waals surface area contributed by atoms with Crippen molar-refractivity contribution in [2.24, 2.45) is 0 Å².